The first-order valence-corrected chi connectivity index (χ1v) is 8.41. The summed E-state index contributed by atoms with van der Waals surface area (Å²) < 4.78 is 0. The number of nitrogens with zero attached hydrogens (tertiary/aromatic N) is 2. The van der Waals surface area contributed by atoms with Gasteiger partial charge in [0.15, 0.2) is 0 Å². The molecule has 0 fully saturated rings. The molecule has 4 amide bonds. The molecule has 7 nitrogen and oxygen atoms in total. The molecule has 0 heterocycles. The van der Waals surface area contributed by atoms with E-state index in [9.17, 15) is 14.4 Å². The van der Waals surface area contributed by atoms with Crippen molar-refractivity contribution in [1.82, 2.24) is 15.1 Å². The summed E-state index contributed by atoms with van der Waals surface area (Å²) in [4.78, 5) is 39.2. The van der Waals surface area contributed by atoms with E-state index >= 15 is 0 Å². The van der Waals surface area contributed by atoms with Crippen LogP contribution in [0.2, 0.25) is 0 Å². The number of anilines is 1. The Bertz CT molecular complexity index is 627. The third-order valence-corrected chi connectivity index (χ3v) is 3.82. The molecule has 0 saturated heterocycles. The fourth-order valence-electron chi connectivity index (χ4n) is 2.48. The molecule has 0 atom stereocenters. The molecule has 0 aromatic heterocycles. The van der Waals surface area contributed by atoms with E-state index in [1.54, 1.807) is 22.9 Å². The van der Waals surface area contributed by atoms with Crippen LogP contribution < -0.4 is 10.6 Å². The number of nitrogens with one attached hydrogen (secondary N) is 2. The largest absolute Gasteiger partial charge is 0.342 e. The number of amides is 4. The molecule has 7 heteroatoms. The Morgan fingerprint density at radius 2 is 1.68 bits per heavy atom. The number of urea groups is 1. The number of rotatable bonds is 7. The van der Waals surface area contributed by atoms with Crippen molar-refractivity contribution in [3.63, 3.8) is 0 Å². The first-order chi connectivity index (χ1) is 11.8. The van der Waals surface area contributed by atoms with Gasteiger partial charge in [-0.25, -0.2) is 4.79 Å². The zero-order chi connectivity index (χ0) is 19.0. The lowest BCUT2D eigenvalue weighted by molar-refractivity contribution is -0.132. The summed E-state index contributed by atoms with van der Waals surface area (Å²) in [5, 5.41) is 4.93. The molecule has 0 aliphatic heterocycles. The van der Waals surface area contributed by atoms with Crippen LogP contribution in [0.25, 0.3) is 0 Å². The molecule has 0 bridgehead atoms. The highest BCUT2D eigenvalue weighted by molar-refractivity contribution is 6.02. The minimum absolute atomic E-state index is 0.0344. The van der Waals surface area contributed by atoms with E-state index in [1.165, 1.54) is 0 Å². The average molecular weight is 348 g/mol. The molecular weight excluding hydrogens is 320 g/mol. The summed E-state index contributed by atoms with van der Waals surface area (Å²) in [5.41, 5.74) is 2.67. The Labute approximate surface area is 149 Å². The number of carbonyl (C=O) groups is 3. The smallest absolute Gasteiger partial charge is 0.325 e. The van der Waals surface area contributed by atoms with Crippen molar-refractivity contribution in [3.8, 4) is 0 Å². The monoisotopic (exact) mass is 348 g/mol. The van der Waals surface area contributed by atoms with Gasteiger partial charge in [-0.3, -0.25) is 19.8 Å². The zero-order valence-electron chi connectivity index (χ0n) is 15.7. The summed E-state index contributed by atoms with van der Waals surface area (Å²) in [5.74, 6) is -0.503. The van der Waals surface area contributed by atoms with Gasteiger partial charge >= 0.3 is 6.03 Å². The Balaban J connectivity index is 2.47. The van der Waals surface area contributed by atoms with Crippen LogP contribution in [0, 0.1) is 13.8 Å². The van der Waals surface area contributed by atoms with Gasteiger partial charge in [-0.05, 0) is 46.4 Å². The van der Waals surface area contributed by atoms with E-state index in [0.29, 0.717) is 18.8 Å². The van der Waals surface area contributed by atoms with Crippen molar-refractivity contribution in [2.75, 3.05) is 38.5 Å². The molecule has 138 valence electrons. The van der Waals surface area contributed by atoms with Crippen LogP contribution in [0.1, 0.15) is 25.0 Å². The normalized spacial score (nSPS) is 10.5. The lowest BCUT2D eigenvalue weighted by Gasteiger charge is -2.22. The van der Waals surface area contributed by atoms with Gasteiger partial charge in [-0.2, -0.15) is 0 Å². The first kappa shape index (κ1) is 20.6. The molecule has 25 heavy (non-hydrogen) atoms. The highest BCUT2D eigenvalue weighted by atomic mass is 16.2. The van der Waals surface area contributed by atoms with Crippen LogP contribution in [-0.2, 0) is 9.59 Å². The summed E-state index contributed by atoms with van der Waals surface area (Å²) in [6.07, 6.45) is 0. The van der Waals surface area contributed by atoms with Crippen LogP contribution in [0.4, 0.5) is 10.5 Å². The van der Waals surface area contributed by atoms with Gasteiger partial charge in [-0.15, -0.1) is 0 Å². The summed E-state index contributed by atoms with van der Waals surface area (Å²) in [7, 11) is 1.67. The molecule has 0 spiro atoms. The molecule has 0 aliphatic rings. The van der Waals surface area contributed by atoms with Gasteiger partial charge < -0.3 is 10.2 Å². The predicted molar refractivity (Wildman–Crippen MR) is 98.5 cm³/mol. The fourth-order valence-corrected chi connectivity index (χ4v) is 2.48. The third kappa shape index (κ3) is 6.93. The van der Waals surface area contributed by atoms with E-state index in [1.807, 2.05) is 39.8 Å². The molecule has 1 rings (SSSR count). The lowest BCUT2D eigenvalue weighted by atomic mass is 10.1. The fraction of sp³-hybridized carbons (Fsp3) is 0.500. The maximum absolute atomic E-state index is 12.0. The van der Waals surface area contributed by atoms with Crippen LogP contribution in [0.3, 0.4) is 0 Å². The maximum atomic E-state index is 12.0. The molecular formula is C18H28N4O3. The number of benzene rings is 1. The maximum Gasteiger partial charge on any atom is 0.325 e. The second-order valence-electron chi connectivity index (χ2n) is 6.06. The molecule has 2 N–H and O–H groups in total. The number of hydrogen-bond donors (Lipinski definition) is 2. The van der Waals surface area contributed by atoms with E-state index in [2.05, 4.69) is 10.6 Å². The van der Waals surface area contributed by atoms with Crippen molar-refractivity contribution < 1.29 is 14.4 Å². The Kier molecular flexibility index (Phi) is 8.07. The second-order valence-corrected chi connectivity index (χ2v) is 6.06. The number of imide groups is 1. The van der Waals surface area contributed by atoms with E-state index in [4.69, 9.17) is 0 Å². The highest BCUT2D eigenvalue weighted by Gasteiger charge is 2.16. The standard InChI is InChI=1S/C18H28N4O3/c1-6-22(7-2)17(24)12-21(5)11-16(23)20-18(25)19-15-9-8-13(3)10-14(15)4/h8-10H,6-7,11-12H2,1-5H3,(H2,19,20,23,25). The van der Waals surface area contributed by atoms with Crippen LogP contribution in [0.15, 0.2) is 18.2 Å². The van der Waals surface area contributed by atoms with Gasteiger partial charge in [-0.1, -0.05) is 17.7 Å². The van der Waals surface area contributed by atoms with Crippen LogP contribution >= 0.6 is 0 Å². The summed E-state index contributed by atoms with van der Waals surface area (Å²) in [6, 6.07) is 5.05. The zero-order valence-corrected chi connectivity index (χ0v) is 15.7. The number of carbonyl (C=O) groups excluding carboxylic acids is 3. The van der Waals surface area contributed by atoms with E-state index < -0.39 is 11.9 Å². The van der Waals surface area contributed by atoms with Crippen molar-refractivity contribution in [2.45, 2.75) is 27.7 Å². The van der Waals surface area contributed by atoms with Crippen molar-refractivity contribution >= 4 is 23.5 Å². The van der Waals surface area contributed by atoms with Crippen molar-refractivity contribution in [3.05, 3.63) is 29.3 Å². The predicted octanol–water partition coefficient (Wildman–Crippen LogP) is 1.75. The first-order valence-electron chi connectivity index (χ1n) is 8.41. The van der Waals surface area contributed by atoms with Crippen LogP contribution in [0.5, 0.6) is 0 Å². The molecule has 0 radical (unpaired) electrons. The van der Waals surface area contributed by atoms with E-state index in [-0.39, 0.29) is 19.0 Å². The number of likely N-dealkylation sites (N-methyl/N-ethyl adjacent to an activating group) is 2. The third-order valence-electron chi connectivity index (χ3n) is 3.82. The molecule has 1 aromatic rings. The van der Waals surface area contributed by atoms with Gasteiger partial charge in [0.1, 0.15) is 0 Å². The van der Waals surface area contributed by atoms with Crippen LogP contribution in [-0.4, -0.2) is 60.9 Å². The number of hydrogen-bond acceptors (Lipinski definition) is 4. The Morgan fingerprint density at radius 1 is 1.04 bits per heavy atom. The average Bonchev–Trinajstić information content (AvgIpc) is 2.50. The second kappa shape index (κ2) is 9.78. The van der Waals surface area contributed by atoms with Crippen molar-refractivity contribution in [1.29, 1.82) is 0 Å². The molecule has 0 saturated carbocycles. The minimum Gasteiger partial charge on any atom is -0.342 e. The summed E-state index contributed by atoms with van der Waals surface area (Å²) in [6.45, 7) is 9.03. The Hall–Kier alpha value is -2.41. The van der Waals surface area contributed by atoms with Gasteiger partial charge in [0.05, 0.1) is 13.1 Å². The van der Waals surface area contributed by atoms with Gasteiger partial charge in [0, 0.05) is 18.8 Å². The summed E-state index contributed by atoms with van der Waals surface area (Å²) >= 11 is 0. The molecule has 1 aromatic carbocycles. The quantitative estimate of drug-likeness (QED) is 0.786. The number of aryl methyl sites for hydroxylation is 2. The minimum atomic E-state index is -0.583. The highest BCUT2D eigenvalue weighted by Crippen LogP contribution is 2.15. The lowest BCUT2D eigenvalue weighted by Crippen LogP contribution is -2.44. The topological polar surface area (TPSA) is 81.8 Å². The van der Waals surface area contributed by atoms with Gasteiger partial charge in [0.25, 0.3) is 0 Å². The SMILES string of the molecule is CCN(CC)C(=O)CN(C)CC(=O)NC(=O)Nc1ccc(C)cc1C. The van der Waals surface area contributed by atoms with Crippen molar-refractivity contribution in [2.24, 2.45) is 0 Å². The Morgan fingerprint density at radius 3 is 2.24 bits per heavy atom. The van der Waals surface area contributed by atoms with Gasteiger partial charge in [0.2, 0.25) is 11.8 Å². The molecule has 0 unspecified atom stereocenters. The molecule has 0 aliphatic carbocycles. The van der Waals surface area contributed by atoms with E-state index in [0.717, 1.165) is 11.1 Å².